The Morgan fingerprint density at radius 2 is 0.365 bits per heavy atom. The number of likely N-dealkylation sites (N-methyl/N-ethyl adjacent to an activating group) is 4. The minimum atomic E-state index is -1.88. The van der Waals surface area contributed by atoms with Crippen molar-refractivity contribution in [1.82, 2.24) is 19.6 Å². The molecule has 0 N–H and O–H groups in total. The first-order valence-electron chi connectivity index (χ1n) is 49.5. The van der Waals surface area contributed by atoms with Gasteiger partial charge in [0.1, 0.15) is 47.7 Å². The van der Waals surface area contributed by atoms with Crippen LogP contribution in [0.25, 0.3) is 16.7 Å². The molecule has 23 rings (SSSR count). The smallest absolute Gasteiger partial charge is 0.0620 e. The van der Waals surface area contributed by atoms with Crippen LogP contribution in [-0.2, 0) is 40.6 Å². The molecule has 758 valence electrons. The molecule has 0 atom stereocenters. The molecular weight excluding hydrogens is 2250 g/mol. The van der Waals surface area contributed by atoms with Gasteiger partial charge in [0.25, 0.3) is 0 Å². The Labute approximate surface area is 922 Å². The summed E-state index contributed by atoms with van der Waals surface area (Å²) in [7, 11) is 42.9. The molecule has 17 aromatic rings. The Kier molecular flexibility index (Phi) is 43.4. The Hall–Kier alpha value is -10.1. The number of hydrogen-bond donors (Lipinski definition) is 0. The number of aryl methyl sites for hydroxylation is 6. The zero-order valence-corrected chi connectivity index (χ0v) is 97.8. The Morgan fingerprint density at radius 3 is 0.527 bits per heavy atom. The normalized spacial score (nSPS) is 14.1. The summed E-state index contributed by atoms with van der Waals surface area (Å²) >= 11 is -5.64. The van der Waals surface area contributed by atoms with Crippen molar-refractivity contribution in [3.05, 3.63) is 583 Å². The summed E-state index contributed by atoms with van der Waals surface area (Å²) in [5, 5.41) is 12.9. The Balaban J connectivity index is 0.000000126. The van der Waals surface area contributed by atoms with Crippen LogP contribution in [0.5, 0.6) is 0 Å². The van der Waals surface area contributed by atoms with Gasteiger partial charge in [0.15, 0.2) is 0 Å². The molecule has 6 aliphatic rings. The number of hydrogen-bond acceptors (Lipinski definition) is 6. The monoisotopic (exact) mass is 2380 g/mol. The minimum Gasteiger partial charge on any atom is -0.0620 e. The number of allylic oxidation sites excluding steroid dienone is 3. The van der Waals surface area contributed by atoms with Crippen molar-refractivity contribution in [1.29, 1.82) is 0 Å². The van der Waals surface area contributed by atoms with Crippen molar-refractivity contribution in [2.45, 2.75) is 41.5 Å². The van der Waals surface area contributed by atoms with E-state index in [1.165, 1.54) is 185 Å². The molecule has 0 bridgehead atoms. The Morgan fingerprint density at radius 1 is 0.203 bits per heavy atom. The quantitative estimate of drug-likeness (QED) is 0.0610. The van der Waals surface area contributed by atoms with E-state index in [4.69, 9.17) is 58.1 Å². The molecule has 17 aromatic carbocycles. The third-order valence-corrected chi connectivity index (χ3v) is 43.1. The van der Waals surface area contributed by atoms with Gasteiger partial charge in [-0.25, -0.2) is 13.3 Å². The molecule has 0 aromatic heterocycles. The SMILES string of the molecule is CN1[CH-]N(C)CC1.CN1[CH-]N(C)CC1.Cc1cc(C)c(N2[CH-]N(c3c(C)cc(C)cc3C)CC2)c(C)c1.[Cl][Ru]([Cl])=[C]1C=C(c2ccccc2)c2ccccc21.[Cl][Ru]([Cl])=[C]1C=C(c2ccccc2)c2ccccc21.[Cl][Ru]([Cl])=[C]1C=C(c2ccccc2)c2ccccc21.c1ccc([PH+](c2ccccc2)c2ccccc2)cc1.c1ccc([PH+](c2ccccc2)c2ccccc2)cc1.c1ccc([PH+](c2ccccc2)c2ccccc2)cc1. The van der Waals surface area contributed by atoms with Crippen LogP contribution in [0.1, 0.15) is 83.5 Å². The van der Waals surface area contributed by atoms with Crippen LogP contribution in [0.3, 0.4) is 0 Å². The molecule has 148 heavy (non-hydrogen) atoms. The maximum absolute atomic E-state index is 6.19. The largest absolute Gasteiger partial charge is 0.102 e. The van der Waals surface area contributed by atoms with Crippen molar-refractivity contribution in [3.63, 3.8) is 0 Å². The van der Waals surface area contributed by atoms with Gasteiger partial charge in [0.2, 0.25) is 0 Å². The van der Waals surface area contributed by atoms with E-state index in [-0.39, 0.29) is 0 Å². The number of nitrogens with zero attached hydrogens (tertiary/aromatic N) is 6. The van der Waals surface area contributed by atoms with Gasteiger partial charge in [-0.2, -0.15) is 6.67 Å². The van der Waals surface area contributed by atoms with Crippen LogP contribution in [0, 0.1) is 61.5 Å². The second kappa shape index (κ2) is 57.4. The summed E-state index contributed by atoms with van der Waals surface area (Å²) < 4.78 is 3.37. The fourth-order valence-electron chi connectivity index (χ4n) is 19.1. The van der Waals surface area contributed by atoms with Gasteiger partial charge in [0.05, 0.1) is 23.8 Å². The molecular formula is C130H127Cl6N6P3Ru3. The van der Waals surface area contributed by atoms with Gasteiger partial charge >= 0.3 is 360 Å². The molecule has 0 saturated carbocycles. The van der Waals surface area contributed by atoms with Gasteiger partial charge in [-0.3, -0.25) is 0 Å². The predicted octanol–water partition coefficient (Wildman–Crippen LogP) is 28.2. The van der Waals surface area contributed by atoms with E-state index in [0.29, 0.717) is 0 Å². The summed E-state index contributed by atoms with van der Waals surface area (Å²) in [6, 6.07) is 163. The summed E-state index contributed by atoms with van der Waals surface area (Å²) in [6.07, 6.45) is 6.46. The predicted molar refractivity (Wildman–Crippen MR) is 646 cm³/mol. The topological polar surface area (TPSA) is 19.4 Å². The summed E-state index contributed by atoms with van der Waals surface area (Å²) in [6.45, 7) is 26.5. The van der Waals surface area contributed by atoms with Gasteiger partial charge in [-0.1, -0.05) is 199 Å². The van der Waals surface area contributed by atoms with Crippen LogP contribution in [0.15, 0.2) is 479 Å². The molecule has 0 radical (unpaired) electrons. The molecule has 6 nitrogen and oxygen atoms in total. The average molecular weight is 2380 g/mol. The van der Waals surface area contributed by atoms with Crippen molar-refractivity contribution < 1.29 is 40.6 Å². The van der Waals surface area contributed by atoms with E-state index in [9.17, 15) is 0 Å². The van der Waals surface area contributed by atoms with Crippen molar-refractivity contribution in [2.24, 2.45) is 0 Å². The maximum atomic E-state index is 6.19. The average Bonchev–Trinajstić information content (AvgIpc) is 1.64. The van der Waals surface area contributed by atoms with E-state index in [0.717, 1.165) is 25.4 Å². The first-order valence-corrected chi connectivity index (χ1v) is 70.0. The number of rotatable bonds is 14. The molecule has 3 saturated heterocycles. The first kappa shape index (κ1) is 112. The van der Waals surface area contributed by atoms with E-state index < -0.39 is 64.3 Å². The van der Waals surface area contributed by atoms with E-state index in [1.807, 2.05) is 72.8 Å². The summed E-state index contributed by atoms with van der Waals surface area (Å²) in [5.74, 6) is 0. The van der Waals surface area contributed by atoms with Crippen LogP contribution in [0.4, 0.5) is 11.4 Å². The maximum Gasteiger partial charge on any atom is 0.102 e. The van der Waals surface area contributed by atoms with E-state index in [2.05, 4.69) is 526 Å². The molecule has 3 aliphatic carbocycles. The summed E-state index contributed by atoms with van der Waals surface area (Å²) in [5.41, 5.74) is 25.4. The third-order valence-electron chi connectivity index (χ3n) is 25.6. The first-order chi connectivity index (χ1) is 72.1. The molecule has 18 heteroatoms. The number of anilines is 2. The van der Waals surface area contributed by atoms with Gasteiger partial charge in [0, 0.05) is 24.5 Å². The second-order valence-electron chi connectivity index (χ2n) is 36.5. The fraction of sp³-hybridized carbons (Fsp3) is 0.123. The number of fused-ring (bicyclic) bond motifs is 3. The van der Waals surface area contributed by atoms with Gasteiger partial charge in [-0.05, 0) is 227 Å². The third kappa shape index (κ3) is 31.1. The minimum absolute atomic E-state index is 0.877. The van der Waals surface area contributed by atoms with Crippen LogP contribution < -0.4 is 57.5 Å². The molecule has 0 spiro atoms. The van der Waals surface area contributed by atoms with E-state index >= 15 is 0 Å². The van der Waals surface area contributed by atoms with Crippen LogP contribution >= 0.6 is 81.9 Å². The standard InChI is InChI=1S/C21H27N2.3C18H15P.3C15H10.2C5H11N2.6ClH.3Ru/c1-14-9-16(3)20(17(4)10-14)22-7-8-23(13-22)21-18(5)11-15(2)12-19(21)6;3*1-4-10-16(11-5-1)19(17-12-6-2-7-13-17)18-14-8-3-9-15-18;3*1-2-6-12(7-3-1)15-11-10-13-8-4-5-9-14(13)15;2*1-6-3-4-7(2)5-6;;;;;;;;;/h9-13H,7-8H2,1-6H3;3*1-15H;3*1-9,11H;2*5H,3-4H2,1-2H3;6*1H;;;/q-1;;;;;;;2*-1;;;;;;;3*+2/p-3. The van der Waals surface area contributed by atoms with Gasteiger partial charge < -0.3 is 29.4 Å². The second-order valence-corrected chi connectivity index (χ2v) is 61.4. The van der Waals surface area contributed by atoms with E-state index in [1.54, 1.807) is 0 Å². The van der Waals surface area contributed by atoms with Gasteiger partial charge in [-0.15, -0.1) is 0 Å². The zero-order valence-electron chi connectivity index (χ0n) is 85.1. The Bertz CT molecular complexity index is 6340. The van der Waals surface area contributed by atoms with Crippen LogP contribution in [-0.4, -0.2) is 99.4 Å². The molecule has 3 heterocycles. The van der Waals surface area contributed by atoms with Crippen LogP contribution in [0.2, 0.25) is 0 Å². The number of benzene rings is 17. The molecule has 0 unspecified atom stereocenters. The van der Waals surface area contributed by atoms with Crippen molar-refractivity contribution in [3.8, 4) is 0 Å². The fourth-order valence-corrected chi connectivity index (χ4v) is 34.2. The zero-order chi connectivity index (χ0) is 104. The van der Waals surface area contributed by atoms with Crippen molar-refractivity contribution >= 4 is 170 Å². The molecule has 0 amide bonds. The summed E-state index contributed by atoms with van der Waals surface area (Å²) in [4.78, 5) is 13.5. The molecule has 3 aliphatic heterocycles. The van der Waals surface area contributed by atoms with Crippen molar-refractivity contribution in [2.75, 3.05) is 77.3 Å². The number of halogens is 6. The molecule has 3 fully saturated rings.